The fourth-order valence-electron chi connectivity index (χ4n) is 21.7. The van der Waals surface area contributed by atoms with Crippen LogP contribution in [0.25, 0.3) is 0 Å². The molecule has 10 fully saturated rings. The van der Waals surface area contributed by atoms with Gasteiger partial charge in [0.05, 0.1) is 80.2 Å². The third-order valence-corrected chi connectivity index (χ3v) is 31.6. The van der Waals surface area contributed by atoms with Crippen LogP contribution in [0.3, 0.4) is 0 Å². The topological polar surface area (TPSA) is 64.7 Å². The molecule has 8 aromatic rings. The van der Waals surface area contributed by atoms with Crippen molar-refractivity contribution in [2.24, 2.45) is 23.2 Å². The van der Waals surface area contributed by atoms with Gasteiger partial charge in [-0.1, -0.05) is 234 Å². The van der Waals surface area contributed by atoms with Crippen LogP contribution in [0.2, 0.25) is 60.3 Å². The summed E-state index contributed by atoms with van der Waals surface area (Å²) in [6, 6.07) is 59.4. The van der Waals surface area contributed by atoms with Crippen LogP contribution in [0, 0.1) is 23.2 Å². The van der Waals surface area contributed by atoms with Crippen molar-refractivity contribution in [3.63, 3.8) is 0 Å². The number of piperazine rings is 4. The minimum absolute atomic E-state index is 0.167. The predicted octanol–water partition coefficient (Wildman–Crippen LogP) is 27.7. The molecule has 10 aliphatic rings. The van der Waals surface area contributed by atoms with Crippen molar-refractivity contribution in [2.45, 2.75) is 191 Å². The highest BCUT2D eigenvalue weighted by molar-refractivity contribution is 6.38. The molecule has 0 radical (unpaired) electrons. The highest BCUT2D eigenvalue weighted by atomic mass is 35.5. The first-order valence-electron chi connectivity index (χ1n) is 44.6. The molecule has 0 bridgehead atoms. The Hall–Kier alpha value is -4.33. The summed E-state index contributed by atoms with van der Waals surface area (Å²) >= 11 is 75.8. The molecule has 24 heteroatoms. The molecular formula is C99H117Cl12N9O3. The molecule has 4 aliphatic carbocycles. The van der Waals surface area contributed by atoms with Crippen LogP contribution in [-0.2, 0) is 14.3 Å². The number of likely N-dealkylation sites (tertiary alicyclic amines) is 1. The van der Waals surface area contributed by atoms with E-state index in [9.17, 15) is 4.79 Å². The summed E-state index contributed by atoms with van der Waals surface area (Å²) in [4.78, 5) is 34.0. The number of hydrogen-bond acceptors (Lipinski definition) is 11. The van der Waals surface area contributed by atoms with E-state index in [1.165, 1.54) is 92.9 Å². The number of rotatable bonds is 12. The average Bonchev–Trinajstić information content (AvgIpc) is 1.14. The summed E-state index contributed by atoms with van der Waals surface area (Å²) in [5, 5.41) is 8.49. The second-order valence-electron chi connectivity index (χ2n) is 36.6. The average molecular weight is 1910 g/mol. The third-order valence-electron chi connectivity index (χ3n) is 28.5. The number of piperidine rings is 1. The molecule has 0 aromatic heterocycles. The maximum atomic E-state index is 11.7. The van der Waals surface area contributed by atoms with Gasteiger partial charge in [0.1, 0.15) is 0 Å². The smallest absolute Gasteiger partial charge is 0.219 e. The largest absolute Gasteiger partial charge is 0.361 e. The van der Waals surface area contributed by atoms with Crippen LogP contribution in [-0.4, -0.2) is 165 Å². The fourth-order valence-corrected chi connectivity index (χ4v) is 24.2. The summed E-state index contributed by atoms with van der Waals surface area (Å²) in [6.45, 7) is 23.7. The molecule has 7 unspecified atom stereocenters. The van der Waals surface area contributed by atoms with E-state index in [0.29, 0.717) is 58.7 Å². The first kappa shape index (κ1) is 93.4. The number of carbonyl (C=O) groups excluding carboxylic acids is 1. The van der Waals surface area contributed by atoms with Gasteiger partial charge in [0.15, 0.2) is 5.79 Å². The number of ether oxygens (including phenoxy) is 2. The standard InChI is InChI=1S/C26H31Cl3N2.C26H33Cl3N2.C24H27Cl3N2O2.C23H26Cl3N3O/c27-21-8-5-19(6-9-21)26-17-30(23-11-7-18-3-1-2-4-20(18)15-23)13-14-31(26)25-12-10-22(28)16-24(25)29;1-26(2,3)19-6-11-22(12-7-19)30-14-15-31(24-13-10-21(28)16-23(24)29)25(17-30)18-4-8-20(27)9-5-18;25-18-3-1-17(2-4-18)23-16-28(20-7-9-24(10-8-20)30-13-14-31-24)11-12-29(23)22-6-5-19(26)15-21(22)27;1-16(30)27-10-8-20(9-11-27)28-12-13-29(22-7-6-19(25)14-21(22)26)23(15-28)17-2-4-18(24)5-3-17/h5-6,8-10,12,16,18,20,23,26H,1-4,7,11,13-15,17H2;4-5,8-10,13,16,19,22,25H,6-7,11-12,14-15,17H2,1-3H3;1-6,15,20,23H,7-14,16H2;2-7,14,20,23H,8-13,15H2,1H3. The van der Waals surface area contributed by atoms with Crippen molar-refractivity contribution in [3.8, 4) is 0 Å². The van der Waals surface area contributed by atoms with Gasteiger partial charge in [-0.15, -0.1) is 0 Å². The Bertz CT molecular complexity index is 4790. The Balaban J connectivity index is 0.000000127. The maximum absolute atomic E-state index is 11.7. The maximum Gasteiger partial charge on any atom is 0.219 e. The Labute approximate surface area is 790 Å². The van der Waals surface area contributed by atoms with Gasteiger partial charge >= 0.3 is 0 Å². The third kappa shape index (κ3) is 23.5. The van der Waals surface area contributed by atoms with E-state index >= 15 is 0 Å². The lowest BCUT2D eigenvalue weighted by molar-refractivity contribution is -0.184. The van der Waals surface area contributed by atoms with E-state index in [0.717, 1.165) is 215 Å². The van der Waals surface area contributed by atoms with E-state index in [2.05, 4.69) is 121 Å². The van der Waals surface area contributed by atoms with E-state index < -0.39 is 0 Å². The zero-order valence-electron chi connectivity index (χ0n) is 71.1. The SMILES string of the molecule is CC(=O)N1CCC(N2CCN(c3ccc(Cl)cc3Cl)C(c3ccc(Cl)cc3)C2)CC1.CC(C)(C)C1CCC(N2CCN(c3ccc(Cl)cc3Cl)C(c3ccc(Cl)cc3)C2)CC1.Clc1ccc(C2CN(C3CCC4(CC3)OCCO4)CCN2c2ccc(Cl)cc2Cl)cc1.Clc1ccc(C2CN(C3CCC4CCCCC4C3)CCN2c2ccc(Cl)cc2Cl)cc1. The Morgan fingerprint density at radius 3 is 0.935 bits per heavy atom. The lowest BCUT2D eigenvalue weighted by atomic mass is 9.69. The highest BCUT2D eigenvalue weighted by Gasteiger charge is 2.45. The van der Waals surface area contributed by atoms with E-state index in [-0.39, 0.29) is 35.9 Å². The van der Waals surface area contributed by atoms with Gasteiger partial charge in [0.25, 0.3) is 0 Å². The predicted molar refractivity (Wildman–Crippen MR) is 519 cm³/mol. The summed E-state index contributed by atoms with van der Waals surface area (Å²) in [5.74, 6) is 2.64. The quantitative estimate of drug-likeness (QED) is 0.118. The molecule has 4 saturated carbocycles. The van der Waals surface area contributed by atoms with E-state index in [1.807, 2.05) is 108 Å². The monoisotopic (exact) mass is 1900 g/mol. The van der Waals surface area contributed by atoms with Gasteiger partial charge in [-0.05, 0) is 237 Å². The van der Waals surface area contributed by atoms with Gasteiger partial charge in [0.2, 0.25) is 5.91 Å². The van der Waals surface area contributed by atoms with Crippen LogP contribution in [0.4, 0.5) is 22.7 Å². The molecule has 6 aliphatic heterocycles. The minimum Gasteiger partial charge on any atom is -0.361 e. The molecule has 7 atom stereocenters. The highest BCUT2D eigenvalue weighted by Crippen LogP contribution is 2.49. The second-order valence-corrected chi connectivity index (χ2v) is 41.7. The molecule has 6 saturated heterocycles. The lowest BCUT2D eigenvalue weighted by Gasteiger charge is -2.49. The van der Waals surface area contributed by atoms with Gasteiger partial charge < -0.3 is 34.0 Å². The van der Waals surface area contributed by atoms with E-state index in [1.54, 1.807) is 13.0 Å². The van der Waals surface area contributed by atoms with Crippen LogP contribution in [0.5, 0.6) is 0 Å². The van der Waals surface area contributed by atoms with Crippen molar-refractivity contribution >= 4 is 168 Å². The number of carbonyl (C=O) groups is 1. The first-order chi connectivity index (χ1) is 59.2. The Morgan fingerprint density at radius 2 is 0.618 bits per heavy atom. The minimum atomic E-state index is -0.315. The van der Waals surface area contributed by atoms with Crippen molar-refractivity contribution in [3.05, 3.63) is 252 Å². The molecule has 1 amide bonds. The number of nitrogens with zero attached hydrogens (tertiary/aromatic N) is 9. The number of halogens is 12. The molecule has 18 rings (SSSR count). The van der Waals surface area contributed by atoms with Crippen LogP contribution in [0.1, 0.15) is 183 Å². The number of benzene rings is 8. The van der Waals surface area contributed by atoms with Gasteiger partial charge in [0, 0.05) is 176 Å². The van der Waals surface area contributed by atoms with Crippen molar-refractivity contribution < 1.29 is 14.3 Å². The fraction of sp³-hybridized carbons (Fsp3) is 0.505. The zero-order valence-corrected chi connectivity index (χ0v) is 80.2. The summed E-state index contributed by atoms with van der Waals surface area (Å²) in [6.07, 6.45) is 21.5. The summed E-state index contributed by atoms with van der Waals surface area (Å²) < 4.78 is 11.9. The van der Waals surface area contributed by atoms with Crippen LogP contribution < -0.4 is 19.6 Å². The molecule has 12 nitrogen and oxygen atoms in total. The normalized spacial score (nSPS) is 25.3. The zero-order chi connectivity index (χ0) is 86.2. The van der Waals surface area contributed by atoms with Crippen LogP contribution >= 0.6 is 139 Å². The second kappa shape index (κ2) is 42.7. The van der Waals surface area contributed by atoms with Crippen molar-refractivity contribution in [2.75, 3.05) is 124 Å². The van der Waals surface area contributed by atoms with Gasteiger partial charge in [-0.25, -0.2) is 0 Å². The summed E-state index contributed by atoms with van der Waals surface area (Å²) in [5.41, 5.74) is 9.62. The molecule has 6 heterocycles. The number of hydrogen-bond donors (Lipinski definition) is 0. The van der Waals surface area contributed by atoms with Crippen molar-refractivity contribution in [1.29, 1.82) is 0 Å². The summed E-state index contributed by atoms with van der Waals surface area (Å²) in [7, 11) is 0. The molecule has 660 valence electrons. The first-order valence-corrected chi connectivity index (χ1v) is 49.2. The number of anilines is 4. The lowest BCUT2D eigenvalue weighted by Crippen LogP contribution is -2.54. The Kier molecular flexibility index (Phi) is 32.4. The molecule has 8 aromatic carbocycles. The number of fused-ring (bicyclic) bond motifs is 1. The van der Waals surface area contributed by atoms with Crippen molar-refractivity contribution in [1.82, 2.24) is 24.5 Å². The molecule has 1 spiro atoms. The van der Waals surface area contributed by atoms with Crippen LogP contribution in [0.15, 0.2) is 170 Å². The number of amides is 1. The van der Waals surface area contributed by atoms with E-state index in [4.69, 9.17) is 149 Å². The molecule has 0 N–H and O–H groups in total. The van der Waals surface area contributed by atoms with Gasteiger partial charge in [-0.2, -0.15) is 0 Å². The van der Waals surface area contributed by atoms with Gasteiger partial charge in [-0.3, -0.25) is 24.4 Å². The molecular weight excluding hydrogens is 1790 g/mol. The Morgan fingerprint density at radius 1 is 0.325 bits per heavy atom. The molecule has 123 heavy (non-hydrogen) atoms.